The smallest absolute Gasteiger partial charge is 0.325 e. The first-order valence-corrected chi connectivity index (χ1v) is 8.10. The second-order valence-corrected chi connectivity index (χ2v) is 6.86. The summed E-state index contributed by atoms with van der Waals surface area (Å²) in [7, 11) is 0. The van der Waals surface area contributed by atoms with Crippen molar-refractivity contribution in [1.29, 1.82) is 0 Å². The van der Waals surface area contributed by atoms with E-state index in [0.717, 1.165) is 14.9 Å². The number of hydrogen-bond acceptors (Lipinski definition) is 4. The van der Waals surface area contributed by atoms with Crippen molar-refractivity contribution < 1.29 is 19.5 Å². The number of aliphatic hydroxyl groups is 1. The van der Waals surface area contributed by atoms with Crippen molar-refractivity contribution in [3.8, 4) is 0 Å². The van der Waals surface area contributed by atoms with E-state index in [2.05, 4.69) is 21.2 Å². The predicted molar refractivity (Wildman–Crippen MR) is 87.8 cm³/mol. The Morgan fingerprint density at radius 3 is 2.39 bits per heavy atom. The number of imide groups is 1. The molecule has 0 radical (unpaired) electrons. The zero-order valence-corrected chi connectivity index (χ0v) is 14.6. The molecule has 1 aliphatic heterocycles. The Kier molecular flexibility index (Phi) is 5.21. The van der Waals surface area contributed by atoms with Crippen LogP contribution in [0.5, 0.6) is 0 Å². The molecule has 3 amide bonds. The Hall–Kier alpha value is -1.73. The summed E-state index contributed by atoms with van der Waals surface area (Å²) in [5, 5.41) is 12.1. The number of aliphatic hydroxyl groups excluding tert-OH is 1. The summed E-state index contributed by atoms with van der Waals surface area (Å²) in [5.41, 5.74) is -0.530. The summed E-state index contributed by atoms with van der Waals surface area (Å²) in [6.45, 7) is 2.69. The first-order chi connectivity index (χ1) is 10.8. The van der Waals surface area contributed by atoms with Crippen LogP contribution in [0.15, 0.2) is 28.7 Å². The van der Waals surface area contributed by atoms with Crippen LogP contribution < -0.4 is 5.32 Å². The fraction of sp³-hybridized carbons (Fsp3) is 0.438. The van der Waals surface area contributed by atoms with Gasteiger partial charge in [-0.25, -0.2) is 4.79 Å². The van der Waals surface area contributed by atoms with Crippen LogP contribution in [0.2, 0.25) is 0 Å². The van der Waals surface area contributed by atoms with Gasteiger partial charge in [0.1, 0.15) is 5.54 Å². The highest BCUT2D eigenvalue weighted by Gasteiger charge is 2.53. The van der Waals surface area contributed by atoms with Crippen molar-refractivity contribution in [3.63, 3.8) is 0 Å². The summed E-state index contributed by atoms with van der Waals surface area (Å²) in [6, 6.07) is 6.62. The number of nitrogens with zero attached hydrogens (tertiary/aromatic N) is 1. The van der Waals surface area contributed by atoms with Crippen molar-refractivity contribution in [3.05, 3.63) is 34.3 Å². The number of hydrogen-bond donors (Lipinski definition) is 2. The number of nitrogens with one attached hydrogen (secondary N) is 1. The Labute approximate surface area is 143 Å². The molecule has 6 nitrogen and oxygen atoms in total. The Morgan fingerprint density at radius 1 is 1.30 bits per heavy atom. The highest BCUT2D eigenvalue weighted by atomic mass is 79.9. The third-order valence-electron chi connectivity index (χ3n) is 4.09. The molecule has 1 saturated heterocycles. The number of halogens is 1. The van der Waals surface area contributed by atoms with Gasteiger partial charge in [0.25, 0.3) is 5.91 Å². The van der Waals surface area contributed by atoms with Gasteiger partial charge in [-0.15, -0.1) is 0 Å². The Bertz CT molecular complexity index is 629. The second kappa shape index (κ2) is 6.80. The molecule has 7 heteroatoms. The minimum atomic E-state index is -1.34. The summed E-state index contributed by atoms with van der Waals surface area (Å²) in [5.74, 6) is -1.08. The lowest BCUT2D eigenvalue weighted by Gasteiger charge is -2.28. The molecule has 0 aliphatic carbocycles. The Morgan fingerprint density at radius 2 is 1.91 bits per heavy atom. The zero-order chi connectivity index (χ0) is 17.2. The quantitative estimate of drug-likeness (QED) is 0.729. The molecule has 1 atom stereocenters. The topological polar surface area (TPSA) is 86.7 Å². The van der Waals surface area contributed by atoms with Gasteiger partial charge in [-0.05, 0) is 23.6 Å². The summed E-state index contributed by atoms with van der Waals surface area (Å²) in [4.78, 5) is 37.5. The lowest BCUT2D eigenvalue weighted by Crippen LogP contribution is -2.54. The molecule has 1 aromatic rings. The van der Waals surface area contributed by atoms with E-state index in [0.29, 0.717) is 0 Å². The summed E-state index contributed by atoms with van der Waals surface area (Å²) in [6.07, 6.45) is 0.137. The van der Waals surface area contributed by atoms with Crippen LogP contribution in [0, 0.1) is 5.92 Å². The van der Waals surface area contributed by atoms with Gasteiger partial charge in [-0.3, -0.25) is 14.5 Å². The highest BCUT2D eigenvalue weighted by Crippen LogP contribution is 2.25. The molecule has 0 aromatic heterocycles. The van der Waals surface area contributed by atoms with E-state index in [1.807, 2.05) is 12.1 Å². The van der Waals surface area contributed by atoms with Crippen molar-refractivity contribution in [2.75, 3.05) is 13.2 Å². The van der Waals surface area contributed by atoms with Crippen molar-refractivity contribution in [1.82, 2.24) is 10.2 Å². The number of carbonyl (C=O) groups excluding carboxylic acids is 3. The minimum absolute atomic E-state index is 0.137. The molecule has 0 spiro atoms. The van der Waals surface area contributed by atoms with Crippen LogP contribution in [-0.4, -0.2) is 46.4 Å². The number of Topliss-reactive ketones (excluding diaryl/α,β-unsaturated/α-hetero) is 1. The molecular formula is C16H19BrN2O4. The molecule has 1 heterocycles. The number of amides is 3. The van der Waals surface area contributed by atoms with E-state index in [1.54, 1.807) is 26.0 Å². The van der Waals surface area contributed by atoms with Gasteiger partial charge in [-0.2, -0.15) is 0 Å². The van der Waals surface area contributed by atoms with Gasteiger partial charge in [0.05, 0.1) is 13.2 Å². The monoisotopic (exact) mass is 382 g/mol. The number of carbonyl (C=O) groups is 3. The number of benzene rings is 1. The molecule has 2 N–H and O–H groups in total. The average Bonchev–Trinajstić information content (AvgIpc) is 2.74. The summed E-state index contributed by atoms with van der Waals surface area (Å²) >= 11 is 3.32. The van der Waals surface area contributed by atoms with E-state index in [4.69, 9.17) is 0 Å². The molecule has 0 saturated carbocycles. The second-order valence-electron chi connectivity index (χ2n) is 5.95. The highest BCUT2D eigenvalue weighted by molar-refractivity contribution is 9.10. The maximum Gasteiger partial charge on any atom is 0.325 e. The maximum absolute atomic E-state index is 12.5. The van der Waals surface area contributed by atoms with Crippen LogP contribution in [0.25, 0.3) is 0 Å². The third kappa shape index (κ3) is 3.45. The fourth-order valence-corrected chi connectivity index (χ4v) is 2.80. The first kappa shape index (κ1) is 17.6. The lowest BCUT2D eigenvalue weighted by molar-refractivity contribution is -0.137. The first-order valence-electron chi connectivity index (χ1n) is 7.31. The van der Waals surface area contributed by atoms with E-state index >= 15 is 0 Å². The van der Waals surface area contributed by atoms with Crippen LogP contribution >= 0.6 is 15.9 Å². The van der Waals surface area contributed by atoms with Gasteiger partial charge >= 0.3 is 6.03 Å². The predicted octanol–water partition coefficient (Wildman–Crippen LogP) is 1.50. The van der Waals surface area contributed by atoms with E-state index in [-0.39, 0.29) is 24.7 Å². The zero-order valence-electron chi connectivity index (χ0n) is 13.0. The SMILES string of the molecule is CC(C)C1(CO)NC(=O)N(CC(=O)Cc2ccc(Br)cc2)C1=O. The van der Waals surface area contributed by atoms with Crippen molar-refractivity contribution in [2.45, 2.75) is 25.8 Å². The maximum atomic E-state index is 12.5. The number of urea groups is 1. The van der Waals surface area contributed by atoms with Crippen LogP contribution in [0.3, 0.4) is 0 Å². The van der Waals surface area contributed by atoms with Crippen molar-refractivity contribution >= 4 is 33.7 Å². The van der Waals surface area contributed by atoms with Gasteiger partial charge in [0, 0.05) is 10.9 Å². The minimum Gasteiger partial charge on any atom is -0.393 e. The molecular weight excluding hydrogens is 364 g/mol. The molecule has 124 valence electrons. The van der Waals surface area contributed by atoms with E-state index in [1.165, 1.54) is 0 Å². The van der Waals surface area contributed by atoms with Crippen LogP contribution in [0.4, 0.5) is 4.79 Å². The molecule has 0 bridgehead atoms. The number of ketones is 1. The largest absolute Gasteiger partial charge is 0.393 e. The summed E-state index contributed by atoms with van der Waals surface area (Å²) < 4.78 is 0.910. The molecule has 2 rings (SSSR count). The van der Waals surface area contributed by atoms with E-state index in [9.17, 15) is 19.5 Å². The standard InChI is InChI=1S/C16H19BrN2O4/c1-10(2)16(9-20)14(22)19(15(23)18-16)8-13(21)7-11-3-5-12(17)6-4-11/h3-6,10,20H,7-9H2,1-2H3,(H,18,23). The van der Waals surface area contributed by atoms with E-state index < -0.39 is 24.1 Å². The molecule has 1 unspecified atom stereocenters. The normalized spacial score (nSPS) is 21.0. The average molecular weight is 383 g/mol. The molecule has 1 aliphatic rings. The van der Waals surface area contributed by atoms with Crippen LogP contribution in [0.1, 0.15) is 19.4 Å². The van der Waals surface area contributed by atoms with Crippen molar-refractivity contribution in [2.24, 2.45) is 5.92 Å². The van der Waals surface area contributed by atoms with Gasteiger partial charge in [0.15, 0.2) is 5.78 Å². The third-order valence-corrected chi connectivity index (χ3v) is 4.61. The van der Waals surface area contributed by atoms with Gasteiger partial charge in [0.2, 0.25) is 0 Å². The van der Waals surface area contributed by atoms with Gasteiger partial charge < -0.3 is 10.4 Å². The molecule has 1 fully saturated rings. The number of rotatable bonds is 6. The van der Waals surface area contributed by atoms with Gasteiger partial charge in [-0.1, -0.05) is 41.9 Å². The Balaban J connectivity index is 2.07. The van der Waals surface area contributed by atoms with Crippen LogP contribution in [-0.2, 0) is 16.0 Å². The molecule has 1 aromatic carbocycles. The molecule has 23 heavy (non-hydrogen) atoms. The fourth-order valence-electron chi connectivity index (χ4n) is 2.53. The lowest BCUT2D eigenvalue weighted by atomic mass is 9.87.